The quantitative estimate of drug-likeness (QED) is 0.511. The van der Waals surface area contributed by atoms with Crippen molar-refractivity contribution >= 4 is 0 Å². The molecule has 3 heteroatoms. The lowest BCUT2D eigenvalue weighted by Crippen LogP contribution is -2.31. The summed E-state index contributed by atoms with van der Waals surface area (Å²) in [5.74, 6) is -0.349. The van der Waals surface area contributed by atoms with Crippen LogP contribution >= 0.6 is 0 Å². The van der Waals surface area contributed by atoms with Gasteiger partial charge in [-0.3, -0.25) is 0 Å². The summed E-state index contributed by atoms with van der Waals surface area (Å²) in [5, 5.41) is 0. The molecular weight excluding hydrogens is 213 g/mol. The highest BCUT2D eigenvalue weighted by Crippen LogP contribution is 2.41. The molecule has 1 aliphatic carbocycles. The average molecular weight is 240 g/mol. The standard InChI is InChI=1S/C9H15F3.2C2H6/c1-6-3-4-8(5-7(6)2)9(10,11)12;2*1-2/h6-8H,3-5H2,1-2H3;2*1-2H3. The van der Waals surface area contributed by atoms with Gasteiger partial charge >= 0.3 is 6.18 Å². The SMILES string of the molecule is CC.CC.CC1CCC(C(F)(F)F)CC1C. The Kier molecular flexibility index (Phi) is 10.1. The van der Waals surface area contributed by atoms with E-state index in [1.54, 1.807) is 0 Å². The van der Waals surface area contributed by atoms with Gasteiger partial charge < -0.3 is 0 Å². The number of hydrogen-bond acceptors (Lipinski definition) is 0. The van der Waals surface area contributed by atoms with Crippen LogP contribution in [0.5, 0.6) is 0 Å². The fourth-order valence-corrected chi connectivity index (χ4v) is 1.84. The molecule has 0 bridgehead atoms. The van der Waals surface area contributed by atoms with Crippen LogP contribution in [-0.4, -0.2) is 6.18 Å². The van der Waals surface area contributed by atoms with Gasteiger partial charge in [0.1, 0.15) is 0 Å². The van der Waals surface area contributed by atoms with Gasteiger partial charge in [0.2, 0.25) is 0 Å². The van der Waals surface area contributed by atoms with E-state index in [1.165, 1.54) is 0 Å². The largest absolute Gasteiger partial charge is 0.391 e. The molecule has 16 heavy (non-hydrogen) atoms. The van der Waals surface area contributed by atoms with Gasteiger partial charge in [-0.15, -0.1) is 0 Å². The van der Waals surface area contributed by atoms with Gasteiger partial charge in [0, 0.05) is 0 Å². The summed E-state index contributed by atoms with van der Waals surface area (Å²) >= 11 is 0. The van der Waals surface area contributed by atoms with Crippen molar-refractivity contribution in [1.82, 2.24) is 0 Å². The van der Waals surface area contributed by atoms with Crippen LogP contribution in [0.25, 0.3) is 0 Å². The lowest BCUT2D eigenvalue weighted by Gasteiger charge is -2.32. The molecule has 0 nitrogen and oxygen atoms in total. The number of halogens is 3. The highest BCUT2D eigenvalue weighted by Gasteiger charge is 2.42. The van der Waals surface area contributed by atoms with Crippen LogP contribution in [-0.2, 0) is 0 Å². The van der Waals surface area contributed by atoms with Crippen molar-refractivity contribution in [2.75, 3.05) is 0 Å². The Bertz CT molecular complexity index is 152. The Morgan fingerprint density at radius 1 is 0.812 bits per heavy atom. The summed E-state index contributed by atoms with van der Waals surface area (Å²) in [5.41, 5.74) is 0. The minimum atomic E-state index is -3.96. The van der Waals surface area contributed by atoms with Gasteiger partial charge in [-0.2, -0.15) is 13.2 Å². The van der Waals surface area contributed by atoms with Crippen molar-refractivity contribution in [3.05, 3.63) is 0 Å². The third kappa shape index (κ3) is 6.39. The molecule has 0 N–H and O–H groups in total. The maximum atomic E-state index is 12.2. The van der Waals surface area contributed by atoms with Crippen LogP contribution in [0.2, 0.25) is 0 Å². The molecule has 0 aromatic carbocycles. The molecule has 0 aromatic heterocycles. The summed E-state index contributed by atoms with van der Waals surface area (Å²) in [4.78, 5) is 0. The molecule has 0 radical (unpaired) electrons. The molecule has 3 unspecified atom stereocenters. The summed E-state index contributed by atoms with van der Waals surface area (Å²) in [7, 11) is 0. The van der Waals surface area contributed by atoms with Crippen LogP contribution in [0.1, 0.15) is 60.8 Å². The number of rotatable bonds is 0. The Morgan fingerprint density at radius 2 is 1.25 bits per heavy atom. The van der Waals surface area contributed by atoms with Gasteiger partial charge in [-0.05, 0) is 31.1 Å². The third-order valence-electron chi connectivity index (χ3n) is 3.06. The van der Waals surface area contributed by atoms with Crippen molar-refractivity contribution in [3.8, 4) is 0 Å². The molecule has 0 heterocycles. The summed E-state index contributed by atoms with van der Waals surface area (Å²) < 4.78 is 36.7. The zero-order valence-electron chi connectivity index (χ0n) is 11.5. The summed E-state index contributed by atoms with van der Waals surface area (Å²) in [6.07, 6.45) is -2.58. The van der Waals surface area contributed by atoms with Crippen LogP contribution in [0.15, 0.2) is 0 Å². The van der Waals surface area contributed by atoms with Crippen molar-refractivity contribution in [1.29, 1.82) is 0 Å². The van der Waals surface area contributed by atoms with Crippen molar-refractivity contribution in [2.45, 2.75) is 67.0 Å². The molecular formula is C13H27F3. The Hall–Kier alpha value is -0.210. The second-order valence-corrected chi connectivity index (χ2v) is 4.01. The molecule has 0 saturated heterocycles. The maximum Gasteiger partial charge on any atom is 0.391 e. The van der Waals surface area contributed by atoms with E-state index in [1.807, 2.05) is 41.5 Å². The minimum Gasteiger partial charge on any atom is -0.171 e. The highest BCUT2D eigenvalue weighted by molar-refractivity contribution is 4.79. The van der Waals surface area contributed by atoms with Gasteiger partial charge in [0.05, 0.1) is 5.92 Å². The van der Waals surface area contributed by atoms with Crippen molar-refractivity contribution < 1.29 is 13.2 Å². The normalized spacial score (nSPS) is 29.4. The number of hydrogen-bond donors (Lipinski definition) is 0. The van der Waals surface area contributed by atoms with Gasteiger partial charge in [-0.25, -0.2) is 0 Å². The lowest BCUT2D eigenvalue weighted by atomic mass is 9.75. The van der Waals surface area contributed by atoms with Crippen molar-refractivity contribution in [3.63, 3.8) is 0 Å². The first-order valence-corrected chi connectivity index (χ1v) is 6.48. The zero-order valence-corrected chi connectivity index (χ0v) is 11.5. The maximum absolute atomic E-state index is 12.2. The third-order valence-corrected chi connectivity index (χ3v) is 3.06. The Labute approximate surface area is 98.6 Å². The van der Waals surface area contributed by atoms with E-state index in [0.29, 0.717) is 18.8 Å². The monoisotopic (exact) mass is 240 g/mol. The minimum absolute atomic E-state index is 0.227. The second-order valence-electron chi connectivity index (χ2n) is 4.01. The van der Waals surface area contributed by atoms with E-state index in [2.05, 4.69) is 0 Å². The van der Waals surface area contributed by atoms with Crippen molar-refractivity contribution in [2.24, 2.45) is 17.8 Å². The summed E-state index contributed by atoms with van der Waals surface area (Å²) in [6, 6.07) is 0. The fraction of sp³-hybridized carbons (Fsp3) is 1.00. The topological polar surface area (TPSA) is 0 Å². The molecule has 0 aromatic rings. The van der Waals surface area contributed by atoms with Gasteiger partial charge in [0.15, 0.2) is 0 Å². The molecule has 1 saturated carbocycles. The average Bonchev–Trinajstić information content (AvgIpc) is 2.26. The van der Waals surface area contributed by atoms with E-state index in [0.717, 1.165) is 6.42 Å². The predicted molar refractivity (Wildman–Crippen MR) is 64.4 cm³/mol. The van der Waals surface area contributed by atoms with Crippen LogP contribution in [0, 0.1) is 17.8 Å². The number of alkyl halides is 3. The summed E-state index contributed by atoms with van der Waals surface area (Å²) in [6.45, 7) is 12.0. The van der Waals surface area contributed by atoms with Crippen LogP contribution in [0.3, 0.4) is 0 Å². The molecule has 0 spiro atoms. The Morgan fingerprint density at radius 3 is 1.56 bits per heavy atom. The van der Waals surface area contributed by atoms with E-state index in [9.17, 15) is 13.2 Å². The molecule has 1 fully saturated rings. The van der Waals surface area contributed by atoms with E-state index in [-0.39, 0.29) is 5.92 Å². The molecule has 1 aliphatic rings. The highest BCUT2D eigenvalue weighted by atomic mass is 19.4. The smallest absolute Gasteiger partial charge is 0.171 e. The fourth-order valence-electron chi connectivity index (χ4n) is 1.84. The van der Waals surface area contributed by atoms with Gasteiger partial charge in [0.25, 0.3) is 0 Å². The first kappa shape index (κ1) is 18.2. The first-order chi connectivity index (χ1) is 7.41. The first-order valence-electron chi connectivity index (χ1n) is 6.48. The van der Waals surface area contributed by atoms with E-state index >= 15 is 0 Å². The zero-order chi connectivity index (χ0) is 13.4. The molecule has 3 atom stereocenters. The van der Waals surface area contributed by atoms with E-state index in [4.69, 9.17) is 0 Å². The molecule has 1 rings (SSSR count). The second kappa shape index (κ2) is 8.89. The van der Waals surface area contributed by atoms with Gasteiger partial charge in [-0.1, -0.05) is 41.5 Å². The van der Waals surface area contributed by atoms with E-state index < -0.39 is 12.1 Å². The predicted octanol–water partition coefficient (Wildman–Crippen LogP) is 5.67. The molecule has 0 amide bonds. The molecule has 100 valence electrons. The molecule has 0 aliphatic heterocycles. The van der Waals surface area contributed by atoms with Crippen LogP contribution < -0.4 is 0 Å². The lowest BCUT2D eigenvalue weighted by molar-refractivity contribution is -0.187. The van der Waals surface area contributed by atoms with Crippen LogP contribution in [0.4, 0.5) is 13.2 Å². The Balaban J connectivity index is 0.